The molecule has 1 atom stereocenters. The molecule has 1 aliphatic heterocycles. The summed E-state index contributed by atoms with van der Waals surface area (Å²) in [5.74, 6) is 2.23. The maximum Gasteiger partial charge on any atom is 0.220 e. The summed E-state index contributed by atoms with van der Waals surface area (Å²) in [6, 6.07) is 2.39. The van der Waals surface area contributed by atoms with E-state index in [2.05, 4.69) is 44.0 Å². The van der Waals surface area contributed by atoms with E-state index in [0.717, 1.165) is 56.1 Å². The van der Waals surface area contributed by atoms with E-state index in [1.54, 1.807) is 6.33 Å². The highest BCUT2D eigenvalue weighted by Gasteiger charge is 2.44. The molecule has 3 N–H and O–H groups in total. The summed E-state index contributed by atoms with van der Waals surface area (Å²) in [4.78, 5) is 20.0. The quantitative estimate of drug-likeness (QED) is 0.885. The maximum atomic E-state index is 5.87. The van der Waals surface area contributed by atoms with Crippen LogP contribution in [0.15, 0.2) is 18.6 Å². The van der Waals surface area contributed by atoms with Crippen LogP contribution in [-0.2, 0) is 11.8 Å². The van der Waals surface area contributed by atoms with Crippen molar-refractivity contribution < 1.29 is 0 Å². The van der Waals surface area contributed by atoms with Crippen molar-refractivity contribution in [2.24, 2.45) is 0 Å². The van der Waals surface area contributed by atoms with Gasteiger partial charge in [-0.1, -0.05) is 0 Å². The van der Waals surface area contributed by atoms with Crippen LogP contribution in [0.4, 0.5) is 17.6 Å². The van der Waals surface area contributed by atoms with Crippen molar-refractivity contribution in [1.29, 1.82) is 0 Å². The molecule has 0 amide bonds. The highest BCUT2D eigenvalue weighted by atomic mass is 15.2. The Kier molecular flexibility index (Phi) is 3.94. The van der Waals surface area contributed by atoms with Crippen LogP contribution in [-0.4, -0.2) is 39.1 Å². The highest BCUT2D eigenvalue weighted by Crippen LogP contribution is 2.44. The monoisotopic (exact) mass is 339 g/mol. The van der Waals surface area contributed by atoms with Gasteiger partial charge < -0.3 is 16.0 Å². The van der Waals surface area contributed by atoms with Gasteiger partial charge >= 0.3 is 0 Å². The molecule has 0 radical (unpaired) electrons. The molecule has 7 nitrogen and oxygen atoms in total. The lowest BCUT2D eigenvalue weighted by atomic mass is 9.77. The fourth-order valence-electron chi connectivity index (χ4n) is 4.17. The van der Waals surface area contributed by atoms with E-state index in [1.807, 2.05) is 12.3 Å². The summed E-state index contributed by atoms with van der Waals surface area (Å²) in [6.45, 7) is 6.15. The van der Waals surface area contributed by atoms with E-state index >= 15 is 0 Å². The Hall–Kier alpha value is -2.44. The van der Waals surface area contributed by atoms with E-state index in [9.17, 15) is 0 Å². The van der Waals surface area contributed by atoms with E-state index in [-0.39, 0.29) is 5.41 Å². The molecular formula is C18H25N7. The molecule has 1 fully saturated rings. The van der Waals surface area contributed by atoms with Gasteiger partial charge in [0, 0.05) is 36.8 Å². The van der Waals surface area contributed by atoms with Crippen LogP contribution < -0.4 is 16.0 Å². The molecule has 7 heteroatoms. The van der Waals surface area contributed by atoms with Crippen LogP contribution in [0.3, 0.4) is 0 Å². The molecule has 0 aromatic carbocycles. The topological polar surface area (TPSA) is 92.8 Å². The zero-order valence-electron chi connectivity index (χ0n) is 14.9. The van der Waals surface area contributed by atoms with Crippen LogP contribution in [0.2, 0.25) is 0 Å². The minimum absolute atomic E-state index is 0.0707. The van der Waals surface area contributed by atoms with Gasteiger partial charge in [0.25, 0.3) is 0 Å². The molecule has 1 saturated heterocycles. The molecule has 3 heterocycles. The van der Waals surface area contributed by atoms with Crippen molar-refractivity contribution in [1.82, 2.24) is 19.9 Å². The Labute approximate surface area is 148 Å². The molecule has 2 aliphatic rings. The predicted octanol–water partition coefficient (Wildman–Crippen LogP) is 2.15. The standard InChI is InChI=1S/C18H25N7/c1-12(2)23-14-8-15(22-11-21-14)25-7-3-5-18(10-25)6-4-13-9-20-17(19)24-16(13)18/h8-9,11-12H,3-7,10H2,1-2H3,(H2,19,20,24)(H,21,22,23). The van der Waals surface area contributed by atoms with Gasteiger partial charge in [-0.05, 0) is 45.1 Å². The van der Waals surface area contributed by atoms with Crippen molar-refractivity contribution in [2.75, 3.05) is 29.0 Å². The Balaban J connectivity index is 1.62. The number of nitrogens with two attached hydrogens (primary N) is 1. The van der Waals surface area contributed by atoms with Gasteiger partial charge in [0.1, 0.15) is 18.0 Å². The van der Waals surface area contributed by atoms with Crippen LogP contribution in [0.5, 0.6) is 0 Å². The van der Waals surface area contributed by atoms with E-state index < -0.39 is 0 Å². The summed E-state index contributed by atoms with van der Waals surface area (Å²) in [5.41, 5.74) is 8.34. The second-order valence-electron chi connectivity index (χ2n) is 7.47. The van der Waals surface area contributed by atoms with Crippen LogP contribution in [0, 0.1) is 0 Å². The third-order valence-electron chi connectivity index (χ3n) is 5.25. The SMILES string of the molecule is CC(C)Nc1cc(N2CCCC3(CCc4cnc(N)nc43)C2)ncn1. The number of piperidine rings is 1. The summed E-state index contributed by atoms with van der Waals surface area (Å²) in [6.07, 6.45) is 7.97. The smallest absolute Gasteiger partial charge is 0.220 e. The number of nitrogens with one attached hydrogen (secondary N) is 1. The minimum atomic E-state index is 0.0707. The first-order valence-electron chi connectivity index (χ1n) is 9.01. The van der Waals surface area contributed by atoms with E-state index in [1.165, 1.54) is 5.56 Å². The zero-order valence-corrected chi connectivity index (χ0v) is 14.9. The van der Waals surface area contributed by atoms with Crippen LogP contribution >= 0.6 is 0 Å². The molecule has 4 rings (SSSR count). The fraction of sp³-hybridized carbons (Fsp3) is 0.556. The Morgan fingerprint density at radius 3 is 2.96 bits per heavy atom. The van der Waals surface area contributed by atoms with Crippen molar-refractivity contribution >= 4 is 17.6 Å². The average molecular weight is 339 g/mol. The number of fused-ring (bicyclic) bond motifs is 2. The lowest BCUT2D eigenvalue weighted by Gasteiger charge is -2.41. The summed E-state index contributed by atoms with van der Waals surface area (Å²) in [7, 11) is 0. The average Bonchev–Trinajstić information content (AvgIpc) is 2.92. The fourth-order valence-corrected chi connectivity index (χ4v) is 4.17. The summed E-state index contributed by atoms with van der Waals surface area (Å²) >= 11 is 0. The molecule has 25 heavy (non-hydrogen) atoms. The van der Waals surface area contributed by atoms with Gasteiger partial charge in [0.2, 0.25) is 5.95 Å². The van der Waals surface area contributed by atoms with Gasteiger partial charge in [-0.25, -0.2) is 19.9 Å². The third-order valence-corrected chi connectivity index (χ3v) is 5.25. The van der Waals surface area contributed by atoms with Gasteiger partial charge in [-0.3, -0.25) is 0 Å². The van der Waals surface area contributed by atoms with Crippen LogP contribution in [0.1, 0.15) is 44.4 Å². The molecule has 132 valence electrons. The van der Waals surface area contributed by atoms with Crippen molar-refractivity contribution in [3.63, 3.8) is 0 Å². The lowest BCUT2D eigenvalue weighted by molar-refractivity contribution is 0.333. The first-order chi connectivity index (χ1) is 12.1. The molecule has 0 bridgehead atoms. The first kappa shape index (κ1) is 16.1. The first-order valence-corrected chi connectivity index (χ1v) is 9.01. The second-order valence-corrected chi connectivity index (χ2v) is 7.47. The molecule has 1 unspecified atom stereocenters. The Morgan fingerprint density at radius 1 is 1.24 bits per heavy atom. The zero-order chi connectivity index (χ0) is 17.4. The molecule has 2 aromatic rings. The molecule has 2 aromatic heterocycles. The third kappa shape index (κ3) is 2.99. The van der Waals surface area contributed by atoms with Gasteiger partial charge in [-0.2, -0.15) is 0 Å². The number of rotatable bonds is 3. The number of aromatic nitrogens is 4. The normalized spacial score (nSPS) is 22.4. The number of nitrogen functional groups attached to an aromatic ring is 1. The number of hydrogen-bond acceptors (Lipinski definition) is 7. The van der Waals surface area contributed by atoms with E-state index in [0.29, 0.717) is 12.0 Å². The number of hydrogen-bond donors (Lipinski definition) is 2. The number of aryl methyl sites for hydroxylation is 1. The van der Waals surface area contributed by atoms with E-state index in [4.69, 9.17) is 5.73 Å². The Morgan fingerprint density at radius 2 is 2.12 bits per heavy atom. The van der Waals surface area contributed by atoms with Crippen molar-refractivity contribution in [3.05, 3.63) is 29.8 Å². The minimum Gasteiger partial charge on any atom is -0.368 e. The second kappa shape index (κ2) is 6.13. The predicted molar refractivity (Wildman–Crippen MR) is 98.7 cm³/mol. The number of nitrogens with zero attached hydrogens (tertiary/aromatic N) is 5. The summed E-state index contributed by atoms with van der Waals surface area (Å²) in [5, 5.41) is 3.35. The van der Waals surface area contributed by atoms with Gasteiger partial charge in [-0.15, -0.1) is 0 Å². The molecule has 1 aliphatic carbocycles. The highest BCUT2D eigenvalue weighted by molar-refractivity contribution is 5.51. The largest absolute Gasteiger partial charge is 0.368 e. The molecule has 1 spiro atoms. The Bertz CT molecular complexity index is 772. The van der Waals surface area contributed by atoms with Gasteiger partial charge in [0.05, 0.1) is 5.69 Å². The number of anilines is 3. The maximum absolute atomic E-state index is 5.87. The van der Waals surface area contributed by atoms with Crippen molar-refractivity contribution in [2.45, 2.75) is 51.0 Å². The molecule has 0 saturated carbocycles. The summed E-state index contributed by atoms with van der Waals surface area (Å²) < 4.78 is 0. The molecular weight excluding hydrogens is 314 g/mol. The lowest BCUT2D eigenvalue weighted by Crippen LogP contribution is -2.46. The van der Waals surface area contributed by atoms with Crippen LogP contribution in [0.25, 0.3) is 0 Å². The van der Waals surface area contributed by atoms with Gasteiger partial charge in [0.15, 0.2) is 0 Å². The van der Waals surface area contributed by atoms with Crippen molar-refractivity contribution in [3.8, 4) is 0 Å².